The Morgan fingerprint density at radius 2 is 2.07 bits per heavy atom. The second kappa shape index (κ2) is 8.32. The third kappa shape index (κ3) is 5.48. The molecule has 150 valence electrons. The topological polar surface area (TPSA) is 87.3 Å². The van der Waals surface area contributed by atoms with Crippen LogP contribution in [-0.4, -0.2) is 35.6 Å². The number of aromatic nitrogens is 2. The molecule has 10 heteroatoms. The number of halogens is 3. The number of nitrogens with one attached hydrogen (secondary N) is 2. The Bertz CT molecular complexity index is 867. The quantitative estimate of drug-likeness (QED) is 0.809. The molecule has 1 aliphatic heterocycles. The maximum atomic E-state index is 12.5. The molecular weight excluding hydrogens is 377 g/mol. The van der Waals surface area contributed by atoms with Crippen molar-refractivity contribution in [3.05, 3.63) is 52.4 Å². The Balaban J connectivity index is 1.53. The van der Waals surface area contributed by atoms with Crippen molar-refractivity contribution in [1.29, 1.82) is 0 Å². The van der Waals surface area contributed by atoms with Crippen molar-refractivity contribution in [3.63, 3.8) is 0 Å². The Morgan fingerprint density at radius 3 is 2.75 bits per heavy atom. The van der Waals surface area contributed by atoms with Crippen molar-refractivity contribution in [2.45, 2.75) is 25.7 Å². The van der Waals surface area contributed by atoms with Crippen molar-refractivity contribution < 1.29 is 22.7 Å². The van der Waals surface area contributed by atoms with E-state index in [0.717, 1.165) is 19.4 Å². The van der Waals surface area contributed by atoms with E-state index in [1.54, 1.807) is 6.20 Å². The van der Waals surface area contributed by atoms with Crippen molar-refractivity contribution in [2.24, 2.45) is 5.92 Å². The summed E-state index contributed by atoms with van der Waals surface area (Å²) in [6.45, 7) is 1.40. The molecule has 0 aliphatic carbocycles. The van der Waals surface area contributed by atoms with E-state index in [9.17, 15) is 22.8 Å². The summed E-state index contributed by atoms with van der Waals surface area (Å²) in [5.41, 5.74) is 1.03. The van der Waals surface area contributed by atoms with E-state index in [1.165, 1.54) is 30.3 Å². The maximum Gasteiger partial charge on any atom is 0.573 e. The van der Waals surface area contributed by atoms with Gasteiger partial charge in [-0.25, -0.2) is 5.10 Å². The van der Waals surface area contributed by atoms with Gasteiger partial charge in [0.25, 0.3) is 5.56 Å². The van der Waals surface area contributed by atoms with Crippen LogP contribution >= 0.6 is 0 Å². The van der Waals surface area contributed by atoms with Crippen LogP contribution < -0.4 is 20.5 Å². The lowest BCUT2D eigenvalue weighted by molar-refractivity contribution is -0.274. The number of H-pyrrole nitrogens is 1. The fourth-order valence-electron chi connectivity index (χ4n) is 3.11. The van der Waals surface area contributed by atoms with Gasteiger partial charge in [0.05, 0.1) is 17.8 Å². The predicted octanol–water partition coefficient (Wildman–Crippen LogP) is 2.20. The molecule has 0 radical (unpaired) electrons. The number of rotatable bonds is 5. The van der Waals surface area contributed by atoms with E-state index in [2.05, 4.69) is 20.3 Å². The van der Waals surface area contributed by atoms with Gasteiger partial charge in [0.2, 0.25) is 5.91 Å². The van der Waals surface area contributed by atoms with Gasteiger partial charge in [0, 0.05) is 25.7 Å². The molecule has 0 unspecified atom stereocenters. The molecule has 1 fully saturated rings. The second-order valence-electron chi connectivity index (χ2n) is 6.50. The van der Waals surface area contributed by atoms with Crippen LogP contribution in [0.1, 0.15) is 18.4 Å². The highest BCUT2D eigenvalue weighted by atomic mass is 19.4. The lowest BCUT2D eigenvalue weighted by atomic mass is 9.96. The third-order valence-electron chi connectivity index (χ3n) is 4.43. The molecule has 1 atom stereocenters. The number of carbonyl (C=O) groups is 1. The summed E-state index contributed by atoms with van der Waals surface area (Å²) in [7, 11) is 0. The summed E-state index contributed by atoms with van der Waals surface area (Å²) >= 11 is 0. The average molecular weight is 396 g/mol. The minimum Gasteiger partial charge on any atom is -0.406 e. The van der Waals surface area contributed by atoms with Crippen molar-refractivity contribution in [2.75, 3.05) is 18.0 Å². The molecule has 7 nitrogen and oxygen atoms in total. The van der Waals surface area contributed by atoms with E-state index in [0.29, 0.717) is 17.8 Å². The number of ether oxygens (including phenoxy) is 1. The Labute approximate surface area is 158 Å². The zero-order valence-electron chi connectivity index (χ0n) is 14.8. The van der Waals surface area contributed by atoms with Crippen LogP contribution in [0.2, 0.25) is 0 Å². The van der Waals surface area contributed by atoms with Crippen LogP contribution in [-0.2, 0) is 11.3 Å². The summed E-state index contributed by atoms with van der Waals surface area (Å²) in [5, 5.41) is 8.90. The first kappa shape index (κ1) is 19.7. The standard InChI is InChI=1S/C18H19F3N4O3/c19-18(20,21)28-15-5-3-12(4-6-15)9-22-17(27)13-2-1-7-25(11-13)14-8-16(26)24-23-10-14/h3-6,8,10,13H,1-2,7,9,11H2,(H,22,27)(H,24,26)/t13-/m0/s1. The van der Waals surface area contributed by atoms with Crippen LogP contribution in [0.25, 0.3) is 0 Å². The second-order valence-corrected chi connectivity index (χ2v) is 6.50. The fourth-order valence-corrected chi connectivity index (χ4v) is 3.11. The Hall–Kier alpha value is -3.04. The summed E-state index contributed by atoms with van der Waals surface area (Å²) < 4.78 is 40.3. The molecule has 2 heterocycles. The zero-order chi connectivity index (χ0) is 20.1. The van der Waals surface area contributed by atoms with Crippen LogP contribution in [0.5, 0.6) is 5.75 Å². The normalized spacial score (nSPS) is 17.2. The van der Waals surface area contributed by atoms with Crippen molar-refractivity contribution >= 4 is 11.6 Å². The lowest BCUT2D eigenvalue weighted by Crippen LogP contribution is -2.43. The molecule has 0 saturated carbocycles. The van der Waals surface area contributed by atoms with E-state index in [-0.39, 0.29) is 29.7 Å². The highest BCUT2D eigenvalue weighted by Crippen LogP contribution is 2.23. The van der Waals surface area contributed by atoms with E-state index in [1.807, 2.05) is 4.90 Å². The number of aromatic amines is 1. The number of nitrogens with zero attached hydrogens (tertiary/aromatic N) is 2. The summed E-state index contributed by atoms with van der Waals surface area (Å²) in [6.07, 6.45) is -1.67. The minimum absolute atomic E-state index is 0.141. The highest BCUT2D eigenvalue weighted by molar-refractivity contribution is 5.79. The Kier molecular flexibility index (Phi) is 5.86. The van der Waals surface area contributed by atoms with E-state index < -0.39 is 6.36 Å². The molecule has 1 aromatic carbocycles. The number of hydrogen-bond acceptors (Lipinski definition) is 5. The van der Waals surface area contributed by atoms with E-state index >= 15 is 0 Å². The zero-order valence-corrected chi connectivity index (χ0v) is 14.8. The largest absolute Gasteiger partial charge is 0.573 e. The molecule has 1 saturated heterocycles. The van der Waals surface area contributed by atoms with E-state index in [4.69, 9.17) is 0 Å². The molecule has 0 bridgehead atoms. The SMILES string of the molecule is O=C(NCc1ccc(OC(F)(F)F)cc1)[C@H]1CCCN(c2cn[nH]c(=O)c2)C1. The fraction of sp³-hybridized carbons (Fsp3) is 0.389. The van der Waals surface area contributed by atoms with Gasteiger partial charge in [-0.1, -0.05) is 12.1 Å². The van der Waals surface area contributed by atoms with Gasteiger partial charge in [-0.3, -0.25) is 9.59 Å². The van der Waals surface area contributed by atoms with Gasteiger partial charge in [-0.15, -0.1) is 13.2 Å². The monoisotopic (exact) mass is 396 g/mol. The summed E-state index contributed by atoms with van der Waals surface area (Å²) in [4.78, 5) is 25.8. The first-order valence-electron chi connectivity index (χ1n) is 8.72. The molecule has 2 N–H and O–H groups in total. The van der Waals surface area contributed by atoms with Crippen LogP contribution in [0.15, 0.2) is 41.3 Å². The van der Waals surface area contributed by atoms with Crippen LogP contribution in [0.4, 0.5) is 18.9 Å². The van der Waals surface area contributed by atoms with Gasteiger partial charge in [0.15, 0.2) is 0 Å². The predicted molar refractivity (Wildman–Crippen MR) is 94.8 cm³/mol. The average Bonchev–Trinajstić information content (AvgIpc) is 2.66. The van der Waals surface area contributed by atoms with Crippen LogP contribution in [0, 0.1) is 5.92 Å². The molecular formula is C18H19F3N4O3. The van der Waals surface area contributed by atoms with Gasteiger partial charge in [0.1, 0.15) is 5.75 Å². The number of benzene rings is 1. The lowest BCUT2D eigenvalue weighted by Gasteiger charge is -2.33. The smallest absolute Gasteiger partial charge is 0.406 e. The number of piperidine rings is 1. The first-order valence-corrected chi connectivity index (χ1v) is 8.72. The highest BCUT2D eigenvalue weighted by Gasteiger charge is 2.31. The molecule has 2 aromatic rings. The summed E-state index contributed by atoms with van der Waals surface area (Å²) in [5.74, 6) is -0.698. The van der Waals surface area contributed by atoms with Crippen molar-refractivity contribution in [1.82, 2.24) is 15.5 Å². The number of hydrogen-bond donors (Lipinski definition) is 2. The molecule has 1 aromatic heterocycles. The van der Waals surface area contributed by atoms with Gasteiger partial charge in [-0.05, 0) is 30.5 Å². The summed E-state index contributed by atoms with van der Waals surface area (Å²) in [6, 6.07) is 6.79. The molecule has 28 heavy (non-hydrogen) atoms. The Morgan fingerprint density at radius 1 is 1.32 bits per heavy atom. The molecule has 1 aliphatic rings. The molecule has 3 rings (SSSR count). The third-order valence-corrected chi connectivity index (χ3v) is 4.43. The van der Waals surface area contributed by atoms with Crippen LogP contribution in [0.3, 0.4) is 0 Å². The molecule has 0 spiro atoms. The number of amides is 1. The number of carbonyl (C=O) groups excluding carboxylic acids is 1. The van der Waals surface area contributed by atoms with Gasteiger partial charge < -0.3 is 15.0 Å². The minimum atomic E-state index is -4.73. The number of alkyl halides is 3. The first-order chi connectivity index (χ1) is 13.3. The van der Waals surface area contributed by atoms with Gasteiger partial charge >= 0.3 is 6.36 Å². The van der Waals surface area contributed by atoms with Crippen molar-refractivity contribution in [3.8, 4) is 5.75 Å². The van der Waals surface area contributed by atoms with Gasteiger partial charge in [-0.2, -0.15) is 5.10 Å². The maximum absolute atomic E-state index is 12.5. The number of anilines is 1. The molecule has 1 amide bonds.